The minimum absolute atomic E-state index is 0.0578. The molecular weight excluding hydrogens is 296 g/mol. The van der Waals surface area contributed by atoms with E-state index in [4.69, 9.17) is 4.42 Å². The number of nitrogens with one attached hydrogen (secondary N) is 1. The Morgan fingerprint density at radius 2 is 2.18 bits per heavy atom. The SMILES string of the molecule is Cc1cnc(NC(=O)Cc2coc3cc4c(cc23)CCC4)s1. The van der Waals surface area contributed by atoms with Gasteiger partial charge in [-0.3, -0.25) is 4.79 Å². The zero-order valence-electron chi connectivity index (χ0n) is 12.3. The largest absolute Gasteiger partial charge is 0.464 e. The van der Waals surface area contributed by atoms with Crippen LogP contribution in [0, 0.1) is 6.92 Å². The molecule has 3 aromatic rings. The lowest BCUT2D eigenvalue weighted by Gasteiger charge is -2.02. The van der Waals surface area contributed by atoms with Crippen LogP contribution in [0.4, 0.5) is 5.13 Å². The molecule has 0 fully saturated rings. The first-order valence-corrected chi connectivity index (χ1v) is 8.25. The number of nitrogens with zero attached hydrogens (tertiary/aromatic N) is 1. The monoisotopic (exact) mass is 312 g/mol. The summed E-state index contributed by atoms with van der Waals surface area (Å²) in [5.74, 6) is -0.0578. The van der Waals surface area contributed by atoms with Crippen molar-refractivity contribution in [3.63, 3.8) is 0 Å². The van der Waals surface area contributed by atoms with Gasteiger partial charge in [-0.1, -0.05) is 0 Å². The van der Waals surface area contributed by atoms with Gasteiger partial charge in [-0.25, -0.2) is 4.98 Å². The summed E-state index contributed by atoms with van der Waals surface area (Å²) in [5.41, 5.74) is 4.60. The molecule has 0 bridgehead atoms. The van der Waals surface area contributed by atoms with Crippen LogP contribution >= 0.6 is 11.3 Å². The highest BCUT2D eigenvalue weighted by Gasteiger charge is 2.17. The standard InChI is InChI=1S/C17H16N2O2S/c1-10-8-18-17(22-10)19-16(20)7-13-9-21-15-6-12-4-2-3-11(12)5-14(13)15/h5-6,8-9H,2-4,7H2,1H3,(H,18,19,20). The molecule has 2 aromatic heterocycles. The van der Waals surface area contributed by atoms with E-state index in [1.54, 1.807) is 12.5 Å². The molecule has 4 nitrogen and oxygen atoms in total. The van der Waals surface area contributed by atoms with E-state index in [9.17, 15) is 4.79 Å². The van der Waals surface area contributed by atoms with Gasteiger partial charge in [0.15, 0.2) is 5.13 Å². The van der Waals surface area contributed by atoms with Crippen LogP contribution in [0.5, 0.6) is 0 Å². The minimum Gasteiger partial charge on any atom is -0.464 e. The molecule has 0 unspecified atom stereocenters. The molecule has 1 N–H and O–H groups in total. The fraction of sp³-hybridized carbons (Fsp3) is 0.294. The van der Waals surface area contributed by atoms with E-state index >= 15 is 0 Å². The van der Waals surface area contributed by atoms with Crippen molar-refractivity contribution < 1.29 is 9.21 Å². The summed E-state index contributed by atoms with van der Waals surface area (Å²) in [6, 6.07) is 4.32. The molecule has 22 heavy (non-hydrogen) atoms. The van der Waals surface area contributed by atoms with Crippen molar-refractivity contribution in [2.24, 2.45) is 0 Å². The molecular formula is C17H16N2O2S. The number of hydrogen-bond donors (Lipinski definition) is 1. The topological polar surface area (TPSA) is 55.1 Å². The highest BCUT2D eigenvalue weighted by atomic mass is 32.1. The van der Waals surface area contributed by atoms with Gasteiger partial charge in [-0.2, -0.15) is 0 Å². The second-order valence-electron chi connectivity index (χ2n) is 5.73. The van der Waals surface area contributed by atoms with Gasteiger partial charge in [-0.15, -0.1) is 11.3 Å². The van der Waals surface area contributed by atoms with E-state index in [0.29, 0.717) is 11.6 Å². The number of aromatic nitrogens is 1. The van der Waals surface area contributed by atoms with Crippen LogP contribution in [0.3, 0.4) is 0 Å². The van der Waals surface area contributed by atoms with Crippen LogP contribution < -0.4 is 5.32 Å². The number of aryl methyl sites for hydroxylation is 3. The Bertz CT molecular complexity index is 863. The maximum absolute atomic E-state index is 12.2. The van der Waals surface area contributed by atoms with Crippen LogP contribution in [0.25, 0.3) is 11.0 Å². The number of carbonyl (C=O) groups is 1. The molecule has 0 saturated carbocycles. The second-order valence-corrected chi connectivity index (χ2v) is 6.97. The number of benzene rings is 1. The first kappa shape index (κ1) is 13.5. The molecule has 0 atom stereocenters. The van der Waals surface area contributed by atoms with Gasteiger partial charge in [0.2, 0.25) is 5.91 Å². The van der Waals surface area contributed by atoms with Crippen molar-refractivity contribution in [2.75, 3.05) is 5.32 Å². The van der Waals surface area contributed by atoms with Crippen molar-refractivity contribution in [3.8, 4) is 0 Å². The number of anilines is 1. The highest BCUT2D eigenvalue weighted by molar-refractivity contribution is 7.15. The molecule has 0 radical (unpaired) electrons. The van der Waals surface area contributed by atoms with Crippen molar-refractivity contribution in [1.29, 1.82) is 0 Å². The van der Waals surface area contributed by atoms with Crippen molar-refractivity contribution in [1.82, 2.24) is 4.98 Å². The molecule has 0 spiro atoms. The van der Waals surface area contributed by atoms with Crippen LogP contribution in [0.15, 0.2) is 29.0 Å². The van der Waals surface area contributed by atoms with Gasteiger partial charge in [0, 0.05) is 22.0 Å². The number of fused-ring (bicyclic) bond motifs is 2. The molecule has 4 rings (SSSR count). The smallest absolute Gasteiger partial charge is 0.230 e. The van der Waals surface area contributed by atoms with Gasteiger partial charge in [0.1, 0.15) is 5.58 Å². The Morgan fingerprint density at radius 1 is 1.36 bits per heavy atom. The summed E-state index contributed by atoms with van der Waals surface area (Å²) >= 11 is 1.48. The van der Waals surface area contributed by atoms with Crippen LogP contribution in [-0.4, -0.2) is 10.9 Å². The maximum atomic E-state index is 12.2. The Kier molecular flexibility index (Phi) is 3.22. The van der Waals surface area contributed by atoms with E-state index in [2.05, 4.69) is 22.4 Å². The molecule has 0 aliphatic heterocycles. The summed E-state index contributed by atoms with van der Waals surface area (Å²) in [5, 5.41) is 4.56. The summed E-state index contributed by atoms with van der Waals surface area (Å²) in [7, 11) is 0. The zero-order chi connectivity index (χ0) is 15.1. The molecule has 1 aliphatic rings. The summed E-state index contributed by atoms with van der Waals surface area (Å²) in [6.07, 6.45) is 7.24. The van der Waals surface area contributed by atoms with E-state index in [1.165, 1.54) is 28.9 Å². The lowest BCUT2D eigenvalue weighted by Crippen LogP contribution is -2.13. The van der Waals surface area contributed by atoms with Crippen LogP contribution in [-0.2, 0) is 24.1 Å². The van der Waals surface area contributed by atoms with Crippen molar-refractivity contribution >= 4 is 33.3 Å². The third kappa shape index (κ3) is 2.41. The quantitative estimate of drug-likeness (QED) is 0.799. The number of rotatable bonds is 3. The van der Waals surface area contributed by atoms with Gasteiger partial charge in [0.25, 0.3) is 0 Å². The van der Waals surface area contributed by atoms with Crippen molar-refractivity contribution in [2.45, 2.75) is 32.6 Å². The fourth-order valence-electron chi connectivity index (χ4n) is 3.03. The first-order valence-electron chi connectivity index (χ1n) is 7.43. The number of amides is 1. The first-order chi connectivity index (χ1) is 10.7. The van der Waals surface area contributed by atoms with Gasteiger partial charge < -0.3 is 9.73 Å². The van der Waals surface area contributed by atoms with Gasteiger partial charge in [-0.05, 0) is 49.4 Å². The number of thiazole rings is 1. The maximum Gasteiger partial charge on any atom is 0.230 e. The number of carbonyl (C=O) groups excluding carboxylic acids is 1. The summed E-state index contributed by atoms with van der Waals surface area (Å²) < 4.78 is 5.64. The third-order valence-electron chi connectivity index (χ3n) is 4.09. The number of hydrogen-bond acceptors (Lipinski definition) is 4. The van der Waals surface area contributed by atoms with E-state index < -0.39 is 0 Å². The Morgan fingerprint density at radius 3 is 2.95 bits per heavy atom. The molecule has 2 heterocycles. The Labute approximate surface area is 132 Å². The fourth-order valence-corrected chi connectivity index (χ4v) is 3.71. The van der Waals surface area contributed by atoms with Crippen LogP contribution in [0.2, 0.25) is 0 Å². The van der Waals surface area contributed by atoms with E-state index in [-0.39, 0.29) is 5.91 Å². The van der Waals surface area contributed by atoms with Gasteiger partial charge >= 0.3 is 0 Å². The van der Waals surface area contributed by atoms with Gasteiger partial charge in [0.05, 0.1) is 12.7 Å². The summed E-state index contributed by atoms with van der Waals surface area (Å²) in [6.45, 7) is 1.97. The minimum atomic E-state index is -0.0578. The molecule has 1 aromatic carbocycles. The average Bonchev–Trinajstić information content (AvgIpc) is 3.18. The predicted octanol–water partition coefficient (Wildman–Crippen LogP) is 3.87. The van der Waals surface area contributed by atoms with E-state index in [0.717, 1.165) is 34.3 Å². The lowest BCUT2D eigenvalue weighted by atomic mass is 10.0. The Hall–Kier alpha value is -2.14. The molecule has 1 aliphatic carbocycles. The highest BCUT2D eigenvalue weighted by Crippen LogP contribution is 2.30. The molecule has 0 saturated heterocycles. The summed E-state index contributed by atoms with van der Waals surface area (Å²) in [4.78, 5) is 17.4. The molecule has 5 heteroatoms. The van der Waals surface area contributed by atoms with Crippen molar-refractivity contribution in [3.05, 3.63) is 46.2 Å². The van der Waals surface area contributed by atoms with E-state index in [1.807, 2.05) is 6.92 Å². The Balaban J connectivity index is 1.57. The molecule has 112 valence electrons. The predicted molar refractivity (Wildman–Crippen MR) is 87.4 cm³/mol. The normalized spacial score (nSPS) is 13.5. The lowest BCUT2D eigenvalue weighted by molar-refractivity contribution is -0.115. The van der Waals surface area contributed by atoms with Crippen LogP contribution in [0.1, 0.15) is 28.0 Å². The number of furan rings is 1. The molecule has 1 amide bonds. The third-order valence-corrected chi connectivity index (χ3v) is 4.91. The average molecular weight is 312 g/mol. The second kappa shape index (κ2) is 5.25. The zero-order valence-corrected chi connectivity index (χ0v) is 13.1.